The Labute approximate surface area is 264 Å². The molecule has 2 aliphatic rings. The van der Waals surface area contributed by atoms with Gasteiger partial charge in [-0.1, -0.05) is 96.1 Å². The standard InChI is InChI=1S/C35H55N5O4/c1-2-3-4-5-6-7-8-9-10-11-12-13-14-20-32(41)44-29(28-40-33(42)30-18-15-16-19-31(30)34(40)43)27-38-23-25-39(26-24-38)35-36-21-17-22-37-35/h15-17,21-22,29,42-43H,2-14,18-20,23-28H2,1H3. The smallest absolute Gasteiger partial charge is 0.306 e. The molecule has 1 atom stereocenters. The van der Waals surface area contributed by atoms with Crippen LogP contribution < -0.4 is 4.90 Å². The quantitative estimate of drug-likeness (QED) is 0.0989. The van der Waals surface area contributed by atoms with E-state index in [0.29, 0.717) is 25.8 Å². The molecule has 244 valence electrons. The first-order valence-electron chi connectivity index (χ1n) is 17.3. The fourth-order valence-corrected chi connectivity index (χ4v) is 6.44. The number of aromatic nitrogens is 3. The maximum absolute atomic E-state index is 13.0. The molecule has 9 nitrogen and oxygen atoms in total. The van der Waals surface area contributed by atoms with Gasteiger partial charge in [0.2, 0.25) is 5.95 Å². The zero-order valence-electron chi connectivity index (χ0n) is 27.0. The summed E-state index contributed by atoms with van der Waals surface area (Å²) < 4.78 is 7.56. The van der Waals surface area contributed by atoms with Crippen LogP contribution in [0.4, 0.5) is 5.95 Å². The van der Waals surface area contributed by atoms with Crippen LogP contribution in [0.2, 0.25) is 0 Å². The lowest BCUT2D eigenvalue weighted by molar-refractivity contribution is -0.151. The van der Waals surface area contributed by atoms with Crippen molar-refractivity contribution in [2.24, 2.45) is 0 Å². The van der Waals surface area contributed by atoms with Crippen LogP contribution in [0.15, 0.2) is 30.6 Å². The molecule has 9 heteroatoms. The SMILES string of the molecule is CCCCCCCCCCCCCCCC(=O)OC(CN1CCN(c2ncccn2)CC1)Cn1c(O)c2c(c1O)CC=CC2. The Bertz CT molecular complexity index is 1110. The zero-order valence-corrected chi connectivity index (χ0v) is 27.0. The van der Waals surface area contributed by atoms with Crippen molar-refractivity contribution >= 4 is 11.9 Å². The Hall–Kier alpha value is -3.07. The van der Waals surface area contributed by atoms with Gasteiger partial charge in [-0.25, -0.2) is 9.97 Å². The van der Waals surface area contributed by atoms with Gasteiger partial charge in [-0.2, -0.15) is 0 Å². The summed E-state index contributed by atoms with van der Waals surface area (Å²) in [6.45, 7) is 6.16. The summed E-state index contributed by atoms with van der Waals surface area (Å²) in [4.78, 5) is 26.2. The van der Waals surface area contributed by atoms with Crippen molar-refractivity contribution in [1.82, 2.24) is 19.4 Å². The van der Waals surface area contributed by atoms with Crippen molar-refractivity contribution in [2.45, 2.75) is 122 Å². The predicted octanol–water partition coefficient (Wildman–Crippen LogP) is 6.56. The first kappa shape index (κ1) is 33.8. The minimum atomic E-state index is -0.484. The number of carbonyl (C=O) groups excluding carboxylic acids is 1. The zero-order chi connectivity index (χ0) is 31.0. The van der Waals surface area contributed by atoms with Crippen molar-refractivity contribution < 1.29 is 19.7 Å². The maximum atomic E-state index is 13.0. The fourth-order valence-electron chi connectivity index (χ4n) is 6.44. The van der Waals surface area contributed by atoms with Gasteiger partial charge in [0.05, 0.1) is 6.54 Å². The molecule has 1 saturated heterocycles. The number of piperazine rings is 1. The number of esters is 1. The summed E-state index contributed by atoms with van der Waals surface area (Å²) in [5.41, 5.74) is 1.53. The van der Waals surface area contributed by atoms with E-state index in [4.69, 9.17) is 4.74 Å². The third-order valence-electron chi connectivity index (χ3n) is 9.06. The van der Waals surface area contributed by atoms with Crippen molar-refractivity contribution in [2.75, 3.05) is 37.6 Å². The molecule has 0 saturated carbocycles. The number of nitrogens with zero attached hydrogens (tertiary/aromatic N) is 5. The largest absolute Gasteiger partial charge is 0.494 e. The minimum absolute atomic E-state index is 0.0745. The van der Waals surface area contributed by atoms with Gasteiger partial charge in [0.15, 0.2) is 11.8 Å². The lowest BCUT2D eigenvalue weighted by Gasteiger charge is -2.36. The van der Waals surface area contributed by atoms with Crippen LogP contribution in [0, 0.1) is 0 Å². The molecule has 2 aromatic rings. The Balaban J connectivity index is 1.21. The van der Waals surface area contributed by atoms with E-state index in [2.05, 4.69) is 26.7 Å². The maximum Gasteiger partial charge on any atom is 0.306 e. The summed E-state index contributed by atoms with van der Waals surface area (Å²) in [5, 5.41) is 21.9. The van der Waals surface area contributed by atoms with Gasteiger partial charge in [0, 0.05) is 62.7 Å². The highest BCUT2D eigenvalue weighted by Gasteiger charge is 2.28. The van der Waals surface area contributed by atoms with Crippen LogP contribution in [0.25, 0.3) is 0 Å². The van der Waals surface area contributed by atoms with Gasteiger partial charge >= 0.3 is 5.97 Å². The van der Waals surface area contributed by atoms with Gasteiger partial charge in [-0.15, -0.1) is 0 Å². The highest BCUT2D eigenvalue weighted by molar-refractivity contribution is 5.69. The number of allylic oxidation sites excluding steroid dienone is 2. The van der Waals surface area contributed by atoms with Crippen molar-refractivity contribution in [3.8, 4) is 11.8 Å². The number of hydrogen-bond acceptors (Lipinski definition) is 8. The third kappa shape index (κ3) is 10.5. The molecule has 2 N–H and O–H groups in total. The normalized spacial score (nSPS) is 15.8. The summed E-state index contributed by atoms with van der Waals surface area (Å²) in [5.74, 6) is 0.678. The molecule has 4 rings (SSSR count). The van der Waals surface area contributed by atoms with Crippen LogP contribution in [0.5, 0.6) is 11.8 Å². The molecule has 0 spiro atoms. The van der Waals surface area contributed by atoms with E-state index < -0.39 is 6.10 Å². The molecule has 2 aromatic heterocycles. The van der Waals surface area contributed by atoms with E-state index in [1.165, 1.54) is 68.8 Å². The van der Waals surface area contributed by atoms with Gasteiger partial charge in [-0.05, 0) is 25.3 Å². The molecule has 0 bridgehead atoms. The van der Waals surface area contributed by atoms with Gasteiger partial charge in [0.1, 0.15) is 6.10 Å². The Kier molecular flexibility index (Phi) is 14.3. The van der Waals surface area contributed by atoms with Gasteiger partial charge in [0.25, 0.3) is 0 Å². The average molecular weight is 610 g/mol. The summed E-state index contributed by atoms with van der Waals surface area (Å²) in [6, 6.07) is 1.82. The Morgan fingerprint density at radius 2 is 1.30 bits per heavy atom. The van der Waals surface area contributed by atoms with E-state index in [9.17, 15) is 15.0 Å². The number of aromatic hydroxyl groups is 2. The van der Waals surface area contributed by atoms with E-state index in [1.54, 1.807) is 12.4 Å². The highest BCUT2D eigenvalue weighted by atomic mass is 16.5. The first-order valence-corrected chi connectivity index (χ1v) is 17.3. The second kappa shape index (κ2) is 18.7. The third-order valence-corrected chi connectivity index (χ3v) is 9.06. The number of rotatable bonds is 20. The molecule has 3 heterocycles. The first-order chi connectivity index (χ1) is 21.6. The summed E-state index contributed by atoms with van der Waals surface area (Å²) in [7, 11) is 0. The molecular formula is C35H55N5O4. The average Bonchev–Trinajstić information content (AvgIpc) is 3.28. The van der Waals surface area contributed by atoms with Crippen LogP contribution in [-0.4, -0.2) is 74.4 Å². The van der Waals surface area contributed by atoms with E-state index >= 15 is 0 Å². The number of ether oxygens (including phenoxy) is 1. The molecule has 1 fully saturated rings. The predicted molar refractivity (Wildman–Crippen MR) is 175 cm³/mol. The molecule has 0 amide bonds. The lowest BCUT2D eigenvalue weighted by Crippen LogP contribution is -2.50. The molecule has 1 unspecified atom stereocenters. The minimum Gasteiger partial charge on any atom is -0.494 e. The topological polar surface area (TPSA) is 104 Å². The van der Waals surface area contributed by atoms with Crippen LogP contribution in [0.1, 0.15) is 108 Å². The van der Waals surface area contributed by atoms with Gasteiger partial charge < -0.3 is 19.8 Å². The number of unbranched alkanes of at least 4 members (excludes halogenated alkanes) is 12. The van der Waals surface area contributed by atoms with Crippen molar-refractivity contribution in [3.63, 3.8) is 0 Å². The fraction of sp³-hybridized carbons (Fsp3) is 0.686. The van der Waals surface area contributed by atoms with Crippen LogP contribution in [0.3, 0.4) is 0 Å². The number of anilines is 1. The lowest BCUT2D eigenvalue weighted by atomic mass is 10.0. The second-order valence-electron chi connectivity index (χ2n) is 12.5. The number of fused-ring (bicyclic) bond motifs is 1. The van der Waals surface area contributed by atoms with Crippen molar-refractivity contribution in [1.29, 1.82) is 0 Å². The Morgan fingerprint density at radius 3 is 1.84 bits per heavy atom. The monoisotopic (exact) mass is 609 g/mol. The molecule has 0 radical (unpaired) electrons. The van der Waals surface area contributed by atoms with Crippen molar-refractivity contribution in [3.05, 3.63) is 41.7 Å². The van der Waals surface area contributed by atoms with Crippen LogP contribution in [-0.2, 0) is 28.9 Å². The van der Waals surface area contributed by atoms with Gasteiger partial charge in [-0.3, -0.25) is 14.3 Å². The summed E-state index contributed by atoms with van der Waals surface area (Å²) >= 11 is 0. The number of hydrogen-bond donors (Lipinski definition) is 2. The van der Waals surface area contributed by atoms with Crippen LogP contribution >= 0.6 is 0 Å². The van der Waals surface area contributed by atoms with E-state index in [-0.39, 0.29) is 24.3 Å². The number of carbonyl (C=O) groups is 1. The molecule has 1 aliphatic carbocycles. The Morgan fingerprint density at radius 1 is 0.773 bits per heavy atom. The van der Waals surface area contributed by atoms with E-state index in [1.807, 2.05) is 18.2 Å². The highest BCUT2D eigenvalue weighted by Crippen LogP contribution is 2.37. The summed E-state index contributed by atoms with van der Waals surface area (Å²) in [6.07, 6.45) is 25.1. The second-order valence-corrected chi connectivity index (χ2v) is 12.5. The van der Waals surface area contributed by atoms with E-state index in [0.717, 1.165) is 62.5 Å². The molecule has 0 aromatic carbocycles. The molecular weight excluding hydrogens is 554 g/mol. The molecule has 44 heavy (non-hydrogen) atoms. The molecule has 1 aliphatic heterocycles.